The highest BCUT2D eigenvalue weighted by Crippen LogP contribution is 2.36. The summed E-state index contributed by atoms with van der Waals surface area (Å²) in [6.45, 7) is 0. The van der Waals surface area contributed by atoms with E-state index in [1.54, 1.807) is 0 Å². The zero-order valence-corrected chi connectivity index (χ0v) is 16.6. The molecule has 5 aromatic rings. The van der Waals surface area contributed by atoms with Gasteiger partial charge in [-0.05, 0) is 46.2 Å². The normalized spacial score (nSPS) is 11.1. The fraction of sp³-hybridized carbons (Fsp3) is 0.0741. The molecule has 5 rings (SSSR count). The first-order valence-electron chi connectivity index (χ1n) is 9.86. The summed E-state index contributed by atoms with van der Waals surface area (Å²) in [4.78, 5) is 7.14. The molecule has 0 spiro atoms. The lowest BCUT2D eigenvalue weighted by Crippen LogP contribution is -2.07. The number of aromatic nitrogens is 1. The first-order valence-corrected chi connectivity index (χ1v) is 9.86. The van der Waals surface area contributed by atoms with Crippen molar-refractivity contribution in [2.24, 2.45) is 0 Å². The maximum Gasteiger partial charge on any atom is 0.0722 e. The third kappa shape index (κ3) is 3.13. The second kappa shape index (κ2) is 7.06. The SMILES string of the molecule is CN(C)c1ccc(-c2cc(-c3ccccc3)nc3ccc4ccccc4c23)cc1. The van der Waals surface area contributed by atoms with Gasteiger partial charge in [0.25, 0.3) is 0 Å². The van der Waals surface area contributed by atoms with E-state index in [2.05, 4.69) is 110 Å². The largest absolute Gasteiger partial charge is 0.378 e. The quantitative estimate of drug-likeness (QED) is 0.323. The van der Waals surface area contributed by atoms with Crippen LogP contribution in [0.25, 0.3) is 44.1 Å². The Morgan fingerprint density at radius 3 is 2.14 bits per heavy atom. The Kier molecular flexibility index (Phi) is 4.25. The summed E-state index contributed by atoms with van der Waals surface area (Å²) in [6, 6.07) is 34.3. The minimum Gasteiger partial charge on any atom is -0.378 e. The summed E-state index contributed by atoms with van der Waals surface area (Å²) in [5.41, 5.74) is 6.78. The molecule has 0 aliphatic carbocycles. The molecule has 140 valence electrons. The number of rotatable bonds is 3. The highest BCUT2D eigenvalue weighted by atomic mass is 15.1. The topological polar surface area (TPSA) is 16.1 Å². The van der Waals surface area contributed by atoms with Crippen LogP contribution in [0.4, 0.5) is 5.69 Å². The summed E-state index contributed by atoms with van der Waals surface area (Å²) in [7, 11) is 4.13. The maximum absolute atomic E-state index is 5.02. The summed E-state index contributed by atoms with van der Waals surface area (Å²) in [5, 5.41) is 3.68. The van der Waals surface area contributed by atoms with Gasteiger partial charge < -0.3 is 4.90 Å². The lowest BCUT2D eigenvalue weighted by atomic mass is 9.94. The van der Waals surface area contributed by atoms with Crippen LogP contribution in [0.2, 0.25) is 0 Å². The van der Waals surface area contributed by atoms with E-state index in [1.807, 2.05) is 6.07 Å². The standard InChI is InChI=1S/C27H22N2/c1-29(2)22-15-12-20(13-16-22)24-18-26(21-9-4-3-5-10-21)28-25-17-14-19-8-6-7-11-23(19)27(24)25/h3-18H,1-2H3. The molecule has 0 bridgehead atoms. The van der Waals surface area contributed by atoms with Crippen molar-refractivity contribution in [2.45, 2.75) is 0 Å². The van der Waals surface area contributed by atoms with Crippen LogP contribution in [-0.2, 0) is 0 Å². The van der Waals surface area contributed by atoms with Crippen LogP contribution in [0, 0.1) is 0 Å². The predicted octanol–water partition coefficient (Wildman–Crippen LogP) is 6.79. The molecule has 29 heavy (non-hydrogen) atoms. The molecule has 0 atom stereocenters. The molecule has 2 heteroatoms. The number of fused-ring (bicyclic) bond motifs is 3. The van der Waals surface area contributed by atoms with Gasteiger partial charge in [0, 0.05) is 30.7 Å². The highest BCUT2D eigenvalue weighted by molar-refractivity contribution is 6.13. The van der Waals surface area contributed by atoms with Gasteiger partial charge in [-0.3, -0.25) is 0 Å². The molecule has 0 saturated carbocycles. The molecule has 0 saturated heterocycles. The Morgan fingerprint density at radius 2 is 1.38 bits per heavy atom. The number of hydrogen-bond donors (Lipinski definition) is 0. The number of anilines is 1. The molecule has 0 N–H and O–H groups in total. The Balaban J connectivity index is 1.84. The van der Waals surface area contributed by atoms with Gasteiger partial charge in [0.05, 0.1) is 11.2 Å². The van der Waals surface area contributed by atoms with Crippen molar-refractivity contribution in [3.63, 3.8) is 0 Å². The van der Waals surface area contributed by atoms with Crippen LogP contribution in [0.5, 0.6) is 0 Å². The van der Waals surface area contributed by atoms with E-state index in [1.165, 1.54) is 33.0 Å². The third-order valence-corrected chi connectivity index (χ3v) is 5.46. The monoisotopic (exact) mass is 374 g/mol. The van der Waals surface area contributed by atoms with Crippen molar-refractivity contribution >= 4 is 27.4 Å². The van der Waals surface area contributed by atoms with Gasteiger partial charge in [0.2, 0.25) is 0 Å². The predicted molar refractivity (Wildman–Crippen MR) is 124 cm³/mol. The zero-order valence-electron chi connectivity index (χ0n) is 16.6. The molecule has 0 unspecified atom stereocenters. The average Bonchev–Trinajstić information content (AvgIpc) is 2.79. The molecule has 0 fully saturated rings. The van der Waals surface area contributed by atoms with Gasteiger partial charge >= 0.3 is 0 Å². The summed E-state index contributed by atoms with van der Waals surface area (Å²) in [5.74, 6) is 0. The first kappa shape index (κ1) is 17.4. The molecule has 0 radical (unpaired) electrons. The van der Waals surface area contributed by atoms with Crippen molar-refractivity contribution in [3.8, 4) is 22.4 Å². The fourth-order valence-corrected chi connectivity index (χ4v) is 3.93. The van der Waals surface area contributed by atoms with E-state index < -0.39 is 0 Å². The second-order valence-corrected chi connectivity index (χ2v) is 7.54. The molecule has 0 amide bonds. The van der Waals surface area contributed by atoms with E-state index in [0.717, 1.165) is 16.8 Å². The van der Waals surface area contributed by atoms with Gasteiger partial charge in [-0.2, -0.15) is 0 Å². The molecule has 1 heterocycles. The van der Waals surface area contributed by atoms with Crippen LogP contribution >= 0.6 is 0 Å². The molecule has 2 nitrogen and oxygen atoms in total. The minimum absolute atomic E-state index is 1.00. The number of pyridine rings is 1. The Morgan fingerprint density at radius 1 is 0.655 bits per heavy atom. The molecular weight excluding hydrogens is 352 g/mol. The number of nitrogens with zero attached hydrogens (tertiary/aromatic N) is 2. The smallest absolute Gasteiger partial charge is 0.0722 e. The molecule has 1 aromatic heterocycles. The molecule has 0 aliphatic rings. The van der Waals surface area contributed by atoms with Crippen molar-refractivity contribution < 1.29 is 0 Å². The number of hydrogen-bond acceptors (Lipinski definition) is 2. The number of benzene rings is 4. The van der Waals surface area contributed by atoms with E-state index in [0.29, 0.717) is 0 Å². The van der Waals surface area contributed by atoms with Crippen LogP contribution in [0.1, 0.15) is 0 Å². The lowest BCUT2D eigenvalue weighted by molar-refractivity contribution is 1.13. The maximum atomic E-state index is 5.02. The highest BCUT2D eigenvalue weighted by Gasteiger charge is 2.12. The first-order chi connectivity index (χ1) is 14.2. The van der Waals surface area contributed by atoms with Gasteiger partial charge in [0.15, 0.2) is 0 Å². The van der Waals surface area contributed by atoms with Gasteiger partial charge in [0.1, 0.15) is 0 Å². The third-order valence-electron chi connectivity index (χ3n) is 5.46. The van der Waals surface area contributed by atoms with Crippen molar-refractivity contribution in [1.29, 1.82) is 0 Å². The molecular formula is C27H22N2. The minimum atomic E-state index is 1.00. The van der Waals surface area contributed by atoms with Gasteiger partial charge in [-0.1, -0.05) is 72.8 Å². The van der Waals surface area contributed by atoms with E-state index >= 15 is 0 Å². The van der Waals surface area contributed by atoms with Gasteiger partial charge in [-0.25, -0.2) is 4.98 Å². The molecule has 0 aliphatic heterocycles. The van der Waals surface area contributed by atoms with Crippen LogP contribution in [-0.4, -0.2) is 19.1 Å². The van der Waals surface area contributed by atoms with Crippen LogP contribution < -0.4 is 4.90 Å². The van der Waals surface area contributed by atoms with Gasteiger partial charge in [-0.15, -0.1) is 0 Å². The van der Waals surface area contributed by atoms with Crippen LogP contribution in [0.15, 0.2) is 97.1 Å². The molecule has 4 aromatic carbocycles. The fourth-order valence-electron chi connectivity index (χ4n) is 3.93. The van der Waals surface area contributed by atoms with E-state index in [-0.39, 0.29) is 0 Å². The Hall–Kier alpha value is -3.65. The van der Waals surface area contributed by atoms with E-state index in [9.17, 15) is 0 Å². The lowest BCUT2D eigenvalue weighted by Gasteiger charge is -2.15. The van der Waals surface area contributed by atoms with Crippen molar-refractivity contribution in [1.82, 2.24) is 4.98 Å². The Bertz CT molecular complexity index is 1300. The van der Waals surface area contributed by atoms with E-state index in [4.69, 9.17) is 4.98 Å². The summed E-state index contributed by atoms with van der Waals surface area (Å²) >= 11 is 0. The van der Waals surface area contributed by atoms with Crippen molar-refractivity contribution in [2.75, 3.05) is 19.0 Å². The Labute approximate surface area is 171 Å². The van der Waals surface area contributed by atoms with Crippen LogP contribution in [0.3, 0.4) is 0 Å². The average molecular weight is 374 g/mol. The summed E-state index contributed by atoms with van der Waals surface area (Å²) in [6.07, 6.45) is 0. The summed E-state index contributed by atoms with van der Waals surface area (Å²) < 4.78 is 0. The zero-order chi connectivity index (χ0) is 19.8. The van der Waals surface area contributed by atoms with Crippen molar-refractivity contribution in [3.05, 3.63) is 97.1 Å². The second-order valence-electron chi connectivity index (χ2n) is 7.54.